The Morgan fingerprint density at radius 2 is 1.94 bits per heavy atom. The number of hydrogen-bond donors (Lipinski definition) is 1. The fourth-order valence-corrected chi connectivity index (χ4v) is 3.58. The largest absolute Gasteiger partial charge is 0.435 e. The molecule has 1 N–H and O–H groups in total. The zero-order valence-electron chi connectivity index (χ0n) is 17.1. The van der Waals surface area contributed by atoms with Gasteiger partial charge >= 0.3 is 6.61 Å². The van der Waals surface area contributed by atoms with Crippen molar-refractivity contribution >= 4 is 23.4 Å². The van der Waals surface area contributed by atoms with Crippen molar-refractivity contribution in [1.82, 2.24) is 14.8 Å². The van der Waals surface area contributed by atoms with Crippen LogP contribution in [0.4, 0.5) is 14.5 Å². The van der Waals surface area contributed by atoms with Crippen molar-refractivity contribution in [2.75, 3.05) is 11.1 Å². The van der Waals surface area contributed by atoms with E-state index >= 15 is 0 Å². The van der Waals surface area contributed by atoms with Crippen LogP contribution in [0.2, 0.25) is 0 Å². The quantitative estimate of drug-likeness (QED) is 0.368. The standard InChI is InChI=1S/C22H22F2N4O2S/c1-4-11-28-20(16-6-9-18(10-7-16)30-21(23)24)26-27-22(28)31-13-19(29)25-17-8-5-14(2)15(3)12-17/h4-10,12,21H,1,11,13H2,2-3H3,(H,25,29). The number of allylic oxidation sites excluding steroid dienone is 1. The summed E-state index contributed by atoms with van der Waals surface area (Å²) in [5, 5.41) is 11.8. The van der Waals surface area contributed by atoms with Crippen LogP contribution in [0.25, 0.3) is 11.4 Å². The van der Waals surface area contributed by atoms with E-state index in [0.29, 0.717) is 23.1 Å². The van der Waals surface area contributed by atoms with E-state index in [2.05, 4.69) is 26.8 Å². The summed E-state index contributed by atoms with van der Waals surface area (Å²) in [6.07, 6.45) is 1.69. The SMILES string of the molecule is C=CCn1c(SCC(=O)Nc2ccc(C)c(C)c2)nnc1-c1ccc(OC(F)F)cc1. The molecule has 0 fully saturated rings. The molecule has 0 radical (unpaired) electrons. The fraction of sp³-hybridized carbons (Fsp3) is 0.227. The van der Waals surface area contributed by atoms with Gasteiger partial charge in [-0.15, -0.1) is 16.8 Å². The summed E-state index contributed by atoms with van der Waals surface area (Å²) in [6.45, 7) is 5.31. The van der Waals surface area contributed by atoms with Crippen molar-refractivity contribution in [1.29, 1.82) is 0 Å². The Kier molecular flexibility index (Phi) is 7.41. The molecular weight excluding hydrogens is 422 g/mol. The molecule has 0 aliphatic rings. The van der Waals surface area contributed by atoms with E-state index in [0.717, 1.165) is 16.8 Å². The number of ether oxygens (including phenoxy) is 1. The second-order valence-corrected chi connectivity index (χ2v) is 7.69. The maximum absolute atomic E-state index is 12.4. The smallest absolute Gasteiger partial charge is 0.387 e. The van der Waals surface area contributed by atoms with Crippen molar-refractivity contribution in [3.8, 4) is 17.1 Å². The number of alkyl halides is 2. The van der Waals surface area contributed by atoms with E-state index in [1.165, 1.54) is 23.9 Å². The van der Waals surface area contributed by atoms with Gasteiger partial charge in [-0.2, -0.15) is 8.78 Å². The second kappa shape index (κ2) is 10.2. The highest BCUT2D eigenvalue weighted by Crippen LogP contribution is 2.26. The van der Waals surface area contributed by atoms with E-state index in [1.54, 1.807) is 18.2 Å². The first-order valence-electron chi connectivity index (χ1n) is 9.46. The summed E-state index contributed by atoms with van der Waals surface area (Å²) >= 11 is 1.25. The van der Waals surface area contributed by atoms with Crippen LogP contribution in [0.15, 0.2) is 60.3 Å². The number of aryl methyl sites for hydroxylation is 2. The van der Waals surface area contributed by atoms with E-state index in [4.69, 9.17) is 0 Å². The zero-order chi connectivity index (χ0) is 22.4. The van der Waals surface area contributed by atoms with Crippen LogP contribution in [-0.4, -0.2) is 33.0 Å². The van der Waals surface area contributed by atoms with Crippen molar-refractivity contribution in [3.63, 3.8) is 0 Å². The molecule has 1 aromatic heterocycles. The normalized spacial score (nSPS) is 10.9. The summed E-state index contributed by atoms with van der Waals surface area (Å²) in [4.78, 5) is 12.4. The number of amides is 1. The van der Waals surface area contributed by atoms with Crippen molar-refractivity contribution < 1.29 is 18.3 Å². The molecule has 0 saturated carbocycles. The molecule has 1 heterocycles. The minimum Gasteiger partial charge on any atom is -0.435 e. The van der Waals surface area contributed by atoms with Gasteiger partial charge in [0.25, 0.3) is 0 Å². The van der Waals surface area contributed by atoms with Gasteiger partial charge in [-0.3, -0.25) is 9.36 Å². The Balaban J connectivity index is 1.70. The van der Waals surface area contributed by atoms with Crippen LogP contribution in [0.3, 0.4) is 0 Å². The van der Waals surface area contributed by atoms with E-state index < -0.39 is 6.61 Å². The highest BCUT2D eigenvalue weighted by Gasteiger charge is 2.16. The van der Waals surface area contributed by atoms with Crippen LogP contribution in [0.1, 0.15) is 11.1 Å². The van der Waals surface area contributed by atoms with Gasteiger partial charge in [-0.1, -0.05) is 23.9 Å². The Hall–Kier alpha value is -3.20. The number of hydrogen-bond acceptors (Lipinski definition) is 5. The number of anilines is 1. The lowest BCUT2D eigenvalue weighted by molar-refractivity contribution is -0.113. The molecule has 6 nitrogen and oxygen atoms in total. The number of thioether (sulfide) groups is 1. The van der Waals surface area contributed by atoms with Crippen LogP contribution in [0.5, 0.6) is 5.75 Å². The monoisotopic (exact) mass is 444 g/mol. The van der Waals surface area contributed by atoms with Gasteiger partial charge in [0.15, 0.2) is 11.0 Å². The lowest BCUT2D eigenvalue weighted by atomic mass is 10.1. The van der Waals surface area contributed by atoms with Crippen LogP contribution >= 0.6 is 11.8 Å². The van der Waals surface area contributed by atoms with Gasteiger partial charge < -0.3 is 10.1 Å². The Morgan fingerprint density at radius 1 is 1.19 bits per heavy atom. The molecule has 9 heteroatoms. The van der Waals surface area contributed by atoms with Gasteiger partial charge in [0.2, 0.25) is 5.91 Å². The molecule has 0 saturated heterocycles. The number of halogens is 2. The molecule has 0 aliphatic heterocycles. The third-order valence-corrected chi connectivity index (χ3v) is 5.46. The Bertz CT molecular complexity index is 1070. The predicted octanol–water partition coefficient (Wildman–Crippen LogP) is 5.08. The number of carbonyl (C=O) groups excluding carboxylic acids is 1. The number of nitrogens with zero attached hydrogens (tertiary/aromatic N) is 3. The van der Waals surface area contributed by atoms with Gasteiger partial charge in [0.05, 0.1) is 5.75 Å². The second-order valence-electron chi connectivity index (χ2n) is 6.74. The number of nitrogens with one attached hydrogen (secondary N) is 1. The van der Waals surface area contributed by atoms with Gasteiger partial charge in [0, 0.05) is 17.8 Å². The van der Waals surface area contributed by atoms with Crippen LogP contribution < -0.4 is 10.1 Å². The average Bonchev–Trinajstić information content (AvgIpc) is 3.12. The van der Waals surface area contributed by atoms with Crippen LogP contribution in [0, 0.1) is 13.8 Å². The van der Waals surface area contributed by atoms with Crippen molar-refractivity contribution in [2.24, 2.45) is 0 Å². The summed E-state index contributed by atoms with van der Waals surface area (Å²) in [6, 6.07) is 11.9. The predicted molar refractivity (Wildman–Crippen MR) is 118 cm³/mol. The lowest BCUT2D eigenvalue weighted by Gasteiger charge is -2.10. The van der Waals surface area contributed by atoms with Crippen molar-refractivity contribution in [3.05, 3.63) is 66.2 Å². The first-order valence-corrected chi connectivity index (χ1v) is 10.4. The number of benzene rings is 2. The Morgan fingerprint density at radius 3 is 2.58 bits per heavy atom. The third-order valence-electron chi connectivity index (χ3n) is 4.49. The number of rotatable bonds is 9. The molecule has 0 bridgehead atoms. The summed E-state index contributed by atoms with van der Waals surface area (Å²) in [7, 11) is 0. The van der Waals surface area contributed by atoms with E-state index in [-0.39, 0.29) is 17.4 Å². The molecule has 0 spiro atoms. The number of carbonyl (C=O) groups is 1. The zero-order valence-corrected chi connectivity index (χ0v) is 18.0. The lowest BCUT2D eigenvalue weighted by Crippen LogP contribution is -2.14. The summed E-state index contributed by atoms with van der Waals surface area (Å²) in [5.41, 5.74) is 3.69. The van der Waals surface area contributed by atoms with E-state index in [1.807, 2.05) is 36.6 Å². The fourth-order valence-electron chi connectivity index (χ4n) is 2.83. The van der Waals surface area contributed by atoms with Gasteiger partial charge in [0.1, 0.15) is 5.75 Å². The third kappa shape index (κ3) is 5.91. The van der Waals surface area contributed by atoms with Gasteiger partial charge in [-0.05, 0) is 61.4 Å². The molecular formula is C22H22F2N4O2S. The first-order chi connectivity index (χ1) is 14.9. The summed E-state index contributed by atoms with van der Waals surface area (Å²) in [5.74, 6) is 0.603. The molecule has 162 valence electrons. The molecule has 0 atom stereocenters. The van der Waals surface area contributed by atoms with Crippen molar-refractivity contribution in [2.45, 2.75) is 32.2 Å². The molecule has 31 heavy (non-hydrogen) atoms. The number of aromatic nitrogens is 3. The maximum atomic E-state index is 12.4. The highest BCUT2D eigenvalue weighted by molar-refractivity contribution is 7.99. The minimum atomic E-state index is -2.88. The average molecular weight is 445 g/mol. The molecule has 0 unspecified atom stereocenters. The molecule has 3 rings (SSSR count). The highest BCUT2D eigenvalue weighted by atomic mass is 32.2. The Labute approximate surface area is 183 Å². The van der Waals surface area contributed by atoms with E-state index in [9.17, 15) is 13.6 Å². The minimum absolute atomic E-state index is 0.0612. The molecule has 1 amide bonds. The molecule has 0 aliphatic carbocycles. The molecule has 2 aromatic carbocycles. The van der Waals surface area contributed by atoms with Gasteiger partial charge in [-0.25, -0.2) is 0 Å². The molecule has 3 aromatic rings. The summed E-state index contributed by atoms with van der Waals surface area (Å²) < 4.78 is 30.9. The van der Waals surface area contributed by atoms with Crippen LogP contribution in [-0.2, 0) is 11.3 Å². The maximum Gasteiger partial charge on any atom is 0.387 e. The topological polar surface area (TPSA) is 69.0 Å². The first kappa shape index (κ1) is 22.5.